The number of carbonyl (C=O) groups excluding carboxylic acids is 1. The van der Waals surface area contributed by atoms with Gasteiger partial charge in [-0.2, -0.15) is 0 Å². The topological polar surface area (TPSA) is 54.5 Å². The molecule has 1 aliphatic heterocycles. The van der Waals surface area contributed by atoms with E-state index < -0.39 is 0 Å². The normalized spacial score (nSPS) is 16.1. The molecule has 1 aromatic heterocycles. The van der Waals surface area contributed by atoms with E-state index in [0.717, 1.165) is 31.6 Å². The van der Waals surface area contributed by atoms with Gasteiger partial charge in [0.1, 0.15) is 6.61 Å². The lowest BCUT2D eigenvalue weighted by Gasteiger charge is -2.28. The SMILES string of the molecule is CC(C)N(Cc1ccccn1)C(=O)COC1CCNCC1. The number of piperidine rings is 1. The Morgan fingerprint density at radius 2 is 2.19 bits per heavy atom. The summed E-state index contributed by atoms with van der Waals surface area (Å²) in [5.74, 6) is 0.0363. The maximum absolute atomic E-state index is 12.4. The zero-order chi connectivity index (χ0) is 15.1. The Balaban J connectivity index is 1.86. The molecule has 5 nitrogen and oxygen atoms in total. The quantitative estimate of drug-likeness (QED) is 0.865. The van der Waals surface area contributed by atoms with Gasteiger partial charge in [0.05, 0.1) is 18.3 Å². The molecule has 2 rings (SSSR count). The van der Waals surface area contributed by atoms with Crippen LogP contribution >= 0.6 is 0 Å². The van der Waals surface area contributed by atoms with E-state index in [1.165, 1.54) is 0 Å². The Kier molecular flexibility index (Phi) is 6.14. The number of ether oxygens (including phenoxy) is 1. The van der Waals surface area contributed by atoms with Gasteiger partial charge in [0.2, 0.25) is 5.91 Å². The van der Waals surface area contributed by atoms with Crippen molar-refractivity contribution in [2.24, 2.45) is 0 Å². The Morgan fingerprint density at radius 3 is 2.81 bits per heavy atom. The highest BCUT2D eigenvalue weighted by Crippen LogP contribution is 2.10. The van der Waals surface area contributed by atoms with E-state index in [0.29, 0.717) is 6.54 Å². The van der Waals surface area contributed by atoms with Crippen molar-refractivity contribution in [1.29, 1.82) is 0 Å². The molecular formula is C16H25N3O2. The van der Waals surface area contributed by atoms with Crippen LogP contribution in [0.25, 0.3) is 0 Å². The van der Waals surface area contributed by atoms with Crippen molar-refractivity contribution in [2.45, 2.75) is 45.4 Å². The molecular weight excluding hydrogens is 266 g/mol. The molecule has 1 fully saturated rings. The number of rotatable bonds is 6. The largest absolute Gasteiger partial charge is 0.368 e. The minimum Gasteiger partial charge on any atom is -0.368 e. The lowest BCUT2D eigenvalue weighted by molar-refractivity contribution is -0.141. The summed E-state index contributed by atoms with van der Waals surface area (Å²) in [5, 5.41) is 3.29. The predicted octanol–water partition coefficient (Wildman–Crippen LogP) is 1.59. The van der Waals surface area contributed by atoms with Crippen LogP contribution in [-0.2, 0) is 16.1 Å². The highest BCUT2D eigenvalue weighted by Gasteiger charge is 2.20. The summed E-state index contributed by atoms with van der Waals surface area (Å²) in [5.41, 5.74) is 0.904. The molecule has 0 spiro atoms. The van der Waals surface area contributed by atoms with Crippen LogP contribution in [0.3, 0.4) is 0 Å². The van der Waals surface area contributed by atoms with Gasteiger partial charge in [0.15, 0.2) is 0 Å². The minimum atomic E-state index is 0.0363. The van der Waals surface area contributed by atoms with Crippen LogP contribution in [0.4, 0.5) is 0 Å². The Morgan fingerprint density at radius 1 is 1.43 bits per heavy atom. The first kappa shape index (κ1) is 15.9. The van der Waals surface area contributed by atoms with E-state index in [2.05, 4.69) is 10.3 Å². The minimum absolute atomic E-state index is 0.0363. The van der Waals surface area contributed by atoms with Crippen molar-refractivity contribution in [1.82, 2.24) is 15.2 Å². The Labute approximate surface area is 126 Å². The number of carbonyl (C=O) groups is 1. The summed E-state index contributed by atoms with van der Waals surface area (Å²) in [6.07, 6.45) is 3.92. The number of nitrogens with one attached hydrogen (secondary N) is 1. The molecule has 1 aromatic rings. The third-order valence-corrected chi connectivity index (χ3v) is 3.73. The van der Waals surface area contributed by atoms with Crippen LogP contribution in [0.1, 0.15) is 32.4 Å². The average molecular weight is 291 g/mol. The lowest BCUT2D eigenvalue weighted by atomic mass is 10.1. The number of hydrogen-bond acceptors (Lipinski definition) is 4. The number of hydrogen-bond donors (Lipinski definition) is 1. The third-order valence-electron chi connectivity index (χ3n) is 3.73. The highest BCUT2D eigenvalue weighted by molar-refractivity contribution is 5.77. The van der Waals surface area contributed by atoms with Gasteiger partial charge in [-0.25, -0.2) is 0 Å². The zero-order valence-corrected chi connectivity index (χ0v) is 12.9. The number of nitrogens with zero attached hydrogens (tertiary/aromatic N) is 2. The maximum atomic E-state index is 12.4. The van der Waals surface area contributed by atoms with E-state index in [1.54, 1.807) is 6.20 Å². The van der Waals surface area contributed by atoms with Crippen LogP contribution in [0.15, 0.2) is 24.4 Å². The molecule has 0 radical (unpaired) electrons. The first-order valence-corrected chi connectivity index (χ1v) is 7.68. The van der Waals surface area contributed by atoms with Gasteiger partial charge in [0.25, 0.3) is 0 Å². The summed E-state index contributed by atoms with van der Waals surface area (Å²) in [4.78, 5) is 18.5. The van der Waals surface area contributed by atoms with Crippen LogP contribution < -0.4 is 5.32 Å². The lowest BCUT2D eigenvalue weighted by Crippen LogP contribution is -2.41. The van der Waals surface area contributed by atoms with Gasteiger partial charge < -0.3 is 15.0 Å². The second-order valence-electron chi connectivity index (χ2n) is 5.70. The predicted molar refractivity (Wildman–Crippen MR) is 81.8 cm³/mol. The molecule has 1 aliphatic rings. The molecule has 1 saturated heterocycles. The molecule has 1 N–H and O–H groups in total. The summed E-state index contributed by atoms with van der Waals surface area (Å²) in [6.45, 7) is 6.68. The fourth-order valence-corrected chi connectivity index (χ4v) is 2.46. The molecule has 116 valence electrons. The molecule has 0 atom stereocenters. The maximum Gasteiger partial charge on any atom is 0.249 e. The van der Waals surface area contributed by atoms with Gasteiger partial charge in [-0.3, -0.25) is 9.78 Å². The van der Waals surface area contributed by atoms with E-state index in [4.69, 9.17) is 4.74 Å². The smallest absolute Gasteiger partial charge is 0.249 e. The number of pyridine rings is 1. The molecule has 0 saturated carbocycles. The summed E-state index contributed by atoms with van der Waals surface area (Å²) >= 11 is 0. The number of aromatic nitrogens is 1. The van der Waals surface area contributed by atoms with Gasteiger partial charge in [-0.05, 0) is 51.9 Å². The standard InChI is InChI=1S/C16H25N3O2/c1-13(2)19(11-14-5-3-4-8-18-14)16(20)12-21-15-6-9-17-10-7-15/h3-5,8,13,15,17H,6-7,9-12H2,1-2H3. The molecule has 0 bridgehead atoms. The van der Waals surface area contributed by atoms with Gasteiger partial charge in [-0.1, -0.05) is 6.07 Å². The molecule has 1 amide bonds. The number of amides is 1. The molecule has 0 aliphatic carbocycles. The second-order valence-corrected chi connectivity index (χ2v) is 5.70. The fourth-order valence-electron chi connectivity index (χ4n) is 2.46. The van der Waals surface area contributed by atoms with Crippen LogP contribution in [0.2, 0.25) is 0 Å². The van der Waals surface area contributed by atoms with Crippen molar-refractivity contribution >= 4 is 5.91 Å². The summed E-state index contributed by atoms with van der Waals surface area (Å²) < 4.78 is 5.76. The van der Waals surface area contributed by atoms with E-state index in [9.17, 15) is 4.79 Å². The van der Waals surface area contributed by atoms with Crippen molar-refractivity contribution in [2.75, 3.05) is 19.7 Å². The monoisotopic (exact) mass is 291 g/mol. The van der Waals surface area contributed by atoms with Crippen LogP contribution in [-0.4, -0.2) is 47.6 Å². The van der Waals surface area contributed by atoms with E-state index in [1.807, 2.05) is 36.9 Å². The highest BCUT2D eigenvalue weighted by atomic mass is 16.5. The van der Waals surface area contributed by atoms with Crippen molar-refractivity contribution in [3.8, 4) is 0 Å². The molecule has 5 heteroatoms. The summed E-state index contributed by atoms with van der Waals surface area (Å²) in [6, 6.07) is 5.90. The third kappa shape index (κ3) is 5.10. The zero-order valence-electron chi connectivity index (χ0n) is 12.9. The van der Waals surface area contributed by atoms with Crippen LogP contribution in [0.5, 0.6) is 0 Å². The molecule has 0 unspecified atom stereocenters. The van der Waals surface area contributed by atoms with Crippen LogP contribution in [0, 0.1) is 0 Å². The molecule has 0 aromatic carbocycles. The van der Waals surface area contributed by atoms with E-state index >= 15 is 0 Å². The van der Waals surface area contributed by atoms with Crippen molar-refractivity contribution in [3.63, 3.8) is 0 Å². The second kappa shape index (κ2) is 8.10. The first-order chi connectivity index (χ1) is 10.2. The Bertz CT molecular complexity index is 430. The van der Waals surface area contributed by atoms with E-state index in [-0.39, 0.29) is 24.7 Å². The van der Waals surface area contributed by atoms with Crippen molar-refractivity contribution in [3.05, 3.63) is 30.1 Å². The van der Waals surface area contributed by atoms with Gasteiger partial charge >= 0.3 is 0 Å². The van der Waals surface area contributed by atoms with Gasteiger partial charge in [0, 0.05) is 12.2 Å². The molecule has 2 heterocycles. The first-order valence-electron chi connectivity index (χ1n) is 7.68. The van der Waals surface area contributed by atoms with Crippen molar-refractivity contribution < 1.29 is 9.53 Å². The Hall–Kier alpha value is -1.46. The molecule has 21 heavy (non-hydrogen) atoms. The average Bonchev–Trinajstić information content (AvgIpc) is 2.52. The fraction of sp³-hybridized carbons (Fsp3) is 0.625. The van der Waals surface area contributed by atoms with Gasteiger partial charge in [-0.15, -0.1) is 0 Å². The summed E-state index contributed by atoms with van der Waals surface area (Å²) in [7, 11) is 0.